The van der Waals surface area contributed by atoms with Crippen LogP contribution in [0.25, 0.3) is 5.82 Å². The number of hydrogen-bond acceptors (Lipinski definition) is 7. The minimum atomic E-state index is -0.276. The maximum Gasteiger partial charge on any atom is 0.187 e. The molecule has 0 amide bonds. The Morgan fingerprint density at radius 1 is 0.900 bits per heavy atom. The zero-order valence-corrected chi connectivity index (χ0v) is 17.5. The molecule has 3 aromatic rings. The number of aromatic nitrogens is 6. The van der Waals surface area contributed by atoms with Crippen LogP contribution in [-0.2, 0) is 6.42 Å². The molecule has 9 heteroatoms. The number of anilines is 2. The van der Waals surface area contributed by atoms with E-state index in [1.807, 2.05) is 37.6 Å². The van der Waals surface area contributed by atoms with Crippen molar-refractivity contribution >= 4 is 11.6 Å². The molecular formula is C21H25FN8. The van der Waals surface area contributed by atoms with Crippen LogP contribution in [0.4, 0.5) is 16.0 Å². The van der Waals surface area contributed by atoms with Crippen LogP contribution in [-0.4, -0.2) is 55.9 Å². The molecule has 2 aliphatic rings. The van der Waals surface area contributed by atoms with Crippen molar-refractivity contribution in [2.45, 2.75) is 27.2 Å². The largest absolute Gasteiger partial charge is 0.356 e. The molecule has 0 saturated carbocycles. The molecule has 0 N–H and O–H groups in total. The molecule has 0 bridgehead atoms. The van der Waals surface area contributed by atoms with E-state index in [4.69, 9.17) is 0 Å². The van der Waals surface area contributed by atoms with Crippen molar-refractivity contribution in [2.75, 3.05) is 36.0 Å². The average molecular weight is 408 g/mol. The smallest absolute Gasteiger partial charge is 0.187 e. The van der Waals surface area contributed by atoms with E-state index in [9.17, 15) is 4.39 Å². The van der Waals surface area contributed by atoms with E-state index in [1.54, 1.807) is 6.33 Å². The van der Waals surface area contributed by atoms with Gasteiger partial charge < -0.3 is 9.80 Å². The second kappa shape index (κ2) is 7.30. The van der Waals surface area contributed by atoms with E-state index in [1.165, 1.54) is 6.33 Å². The molecule has 2 fully saturated rings. The topological polar surface area (TPSA) is 75.9 Å². The minimum absolute atomic E-state index is 0.276. The quantitative estimate of drug-likeness (QED) is 0.656. The van der Waals surface area contributed by atoms with Crippen LogP contribution in [0, 0.1) is 31.5 Å². The third-order valence-corrected chi connectivity index (χ3v) is 6.15. The number of fused-ring (bicyclic) bond motifs is 1. The lowest BCUT2D eigenvalue weighted by molar-refractivity contribution is 0.533. The summed E-state index contributed by atoms with van der Waals surface area (Å²) in [6, 6.07) is 4.03. The number of aryl methyl sites for hydroxylation is 3. The fourth-order valence-corrected chi connectivity index (χ4v) is 4.70. The van der Waals surface area contributed by atoms with Crippen LogP contribution < -0.4 is 9.80 Å². The van der Waals surface area contributed by atoms with Crippen molar-refractivity contribution < 1.29 is 4.39 Å². The Bertz CT molecular complexity index is 1070. The van der Waals surface area contributed by atoms with E-state index in [0.29, 0.717) is 29.8 Å². The van der Waals surface area contributed by atoms with E-state index in [0.717, 1.165) is 49.2 Å². The van der Waals surface area contributed by atoms with E-state index in [-0.39, 0.29) is 5.82 Å². The Labute approximate surface area is 174 Å². The third-order valence-electron chi connectivity index (χ3n) is 6.15. The van der Waals surface area contributed by atoms with Gasteiger partial charge in [0.25, 0.3) is 0 Å². The maximum atomic E-state index is 14.7. The van der Waals surface area contributed by atoms with Gasteiger partial charge in [0.1, 0.15) is 18.5 Å². The molecule has 0 radical (unpaired) electrons. The molecule has 2 aliphatic heterocycles. The maximum absolute atomic E-state index is 14.7. The fourth-order valence-electron chi connectivity index (χ4n) is 4.70. The third kappa shape index (κ3) is 3.18. The first-order chi connectivity index (χ1) is 14.5. The summed E-state index contributed by atoms with van der Waals surface area (Å²) < 4.78 is 16.5. The van der Waals surface area contributed by atoms with Gasteiger partial charge in [-0.25, -0.2) is 29.0 Å². The minimum Gasteiger partial charge on any atom is -0.356 e. The highest BCUT2D eigenvalue weighted by Gasteiger charge is 2.41. The Morgan fingerprint density at radius 2 is 1.57 bits per heavy atom. The van der Waals surface area contributed by atoms with Crippen LogP contribution in [0.1, 0.15) is 24.0 Å². The summed E-state index contributed by atoms with van der Waals surface area (Å²) in [7, 11) is 0. The zero-order chi connectivity index (χ0) is 20.8. The number of rotatable bonds is 4. The van der Waals surface area contributed by atoms with Gasteiger partial charge in [-0.2, -0.15) is 5.10 Å². The van der Waals surface area contributed by atoms with Crippen molar-refractivity contribution in [1.29, 1.82) is 0 Å². The normalized spacial score (nSPS) is 20.8. The molecule has 0 spiro atoms. The molecule has 2 atom stereocenters. The van der Waals surface area contributed by atoms with Crippen LogP contribution in [0.5, 0.6) is 0 Å². The van der Waals surface area contributed by atoms with Crippen molar-refractivity contribution in [3.63, 3.8) is 0 Å². The fraction of sp³-hybridized carbons (Fsp3) is 0.476. The van der Waals surface area contributed by atoms with Crippen LogP contribution in [0.2, 0.25) is 0 Å². The summed E-state index contributed by atoms with van der Waals surface area (Å²) in [6.07, 6.45) is 3.64. The van der Waals surface area contributed by atoms with Gasteiger partial charge in [0.2, 0.25) is 0 Å². The van der Waals surface area contributed by atoms with Gasteiger partial charge in [0.15, 0.2) is 17.5 Å². The molecule has 5 heterocycles. The number of halogens is 1. The lowest BCUT2D eigenvalue weighted by Gasteiger charge is -2.23. The summed E-state index contributed by atoms with van der Waals surface area (Å²) in [5, 5.41) is 4.52. The summed E-state index contributed by atoms with van der Waals surface area (Å²) in [4.78, 5) is 21.6. The molecule has 5 rings (SSSR count). The second-order valence-corrected chi connectivity index (χ2v) is 8.21. The van der Waals surface area contributed by atoms with Crippen LogP contribution in [0.3, 0.4) is 0 Å². The van der Waals surface area contributed by atoms with Gasteiger partial charge >= 0.3 is 0 Å². The number of hydrogen-bond donors (Lipinski definition) is 0. The van der Waals surface area contributed by atoms with Gasteiger partial charge in [0.05, 0.1) is 11.4 Å². The standard InChI is InChI=1S/C21H25FN8/c1-4-17-20(22)21(26-11-23-17)29-9-15-7-28(8-16(15)10-29)18-6-19(25-12-24-18)30-14(3)5-13(2)27-30/h5-6,11-12,15-16H,4,7-10H2,1-3H3. The predicted octanol–water partition coefficient (Wildman–Crippen LogP) is 2.34. The lowest BCUT2D eigenvalue weighted by atomic mass is 10.0. The number of nitrogens with zero attached hydrogens (tertiary/aromatic N) is 8. The predicted molar refractivity (Wildman–Crippen MR) is 111 cm³/mol. The molecule has 0 aliphatic carbocycles. The zero-order valence-electron chi connectivity index (χ0n) is 17.5. The molecule has 8 nitrogen and oxygen atoms in total. The molecule has 0 aromatic carbocycles. The first-order valence-corrected chi connectivity index (χ1v) is 10.4. The summed E-state index contributed by atoms with van der Waals surface area (Å²) in [5.41, 5.74) is 2.49. The second-order valence-electron chi connectivity index (χ2n) is 8.21. The lowest BCUT2D eigenvalue weighted by Crippen LogP contribution is -2.30. The van der Waals surface area contributed by atoms with Gasteiger partial charge in [0, 0.05) is 49.8 Å². The van der Waals surface area contributed by atoms with E-state index >= 15 is 0 Å². The molecule has 156 valence electrons. The molecule has 2 saturated heterocycles. The summed E-state index contributed by atoms with van der Waals surface area (Å²) in [6.45, 7) is 9.29. The van der Waals surface area contributed by atoms with Crippen LogP contribution >= 0.6 is 0 Å². The van der Waals surface area contributed by atoms with Crippen LogP contribution in [0.15, 0.2) is 24.8 Å². The summed E-state index contributed by atoms with van der Waals surface area (Å²) >= 11 is 0. The Morgan fingerprint density at radius 3 is 2.23 bits per heavy atom. The SMILES string of the molecule is CCc1ncnc(N2CC3CN(c4cc(-n5nc(C)cc5C)ncn4)CC3C2)c1F. The van der Waals surface area contributed by atoms with Crippen molar-refractivity contribution in [1.82, 2.24) is 29.7 Å². The van der Waals surface area contributed by atoms with E-state index < -0.39 is 0 Å². The van der Waals surface area contributed by atoms with Crippen molar-refractivity contribution in [3.8, 4) is 5.82 Å². The Balaban J connectivity index is 1.32. The summed E-state index contributed by atoms with van der Waals surface area (Å²) in [5.74, 6) is 2.77. The molecule has 2 unspecified atom stereocenters. The Kier molecular flexibility index (Phi) is 4.60. The highest BCUT2D eigenvalue weighted by atomic mass is 19.1. The molecule has 3 aromatic heterocycles. The van der Waals surface area contributed by atoms with Gasteiger partial charge in [-0.15, -0.1) is 0 Å². The Hall–Kier alpha value is -3.10. The molecule has 30 heavy (non-hydrogen) atoms. The van der Waals surface area contributed by atoms with Gasteiger partial charge in [-0.1, -0.05) is 6.92 Å². The van der Waals surface area contributed by atoms with E-state index in [2.05, 4.69) is 34.8 Å². The van der Waals surface area contributed by atoms with Gasteiger partial charge in [-0.05, 0) is 26.3 Å². The molecular weight excluding hydrogens is 383 g/mol. The average Bonchev–Trinajstić information content (AvgIpc) is 3.41. The highest BCUT2D eigenvalue weighted by Crippen LogP contribution is 2.36. The first kappa shape index (κ1) is 18.9. The van der Waals surface area contributed by atoms with Gasteiger partial charge in [-0.3, -0.25) is 0 Å². The van der Waals surface area contributed by atoms with Crippen molar-refractivity contribution in [2.24, 2.45) is 11.8 Å². The van der Waals surface area contributed by atoms with Crippen molar-refractivity contribution in [3.05, 3.63) is 47.7 Å². The first-order valence-electron chi connectivity index (χ1n) is 10.4. The highest BCUT2D eigenvalue weighted by molar-refractivity contribution is 5.48. The monoisotopic (exact) mass is 408 g/mol.